The number of rotatable bonds is 10. The number of pyridine rings is 2. The average molecular weight is 708 g/mol. The van der Waals surface area contributed by atoms with Gasteiger partial charge in [-0.15, -0.1) is 0 Å². The first-order chi connectivity index (χ1) is 23.2. The number of halogens is 5. The van der Waals surface area contributed by atoms with Gasteiger partial charge in [-0.2, -0.15) is 13.2 Å². The minimum atomic E-state index is -4.84. The van der Waals surface area contributed by atoms with Crippen LogP contribution in [0.5, 0.6) is 6.01 Å². The molecule has 0 unspecified atom stereocenters. The average Bonchev–Trinajstić information content (AvgIpc) is 3.08. The monoisotopic (exact) mass is 707 g/mol. The van der Waals surface area contributed by atoms with Crippen LogP contribution in [0.1, 0.15) is 31.2 Å². The molecule has 260 valence electrons. The molecular formula is C30H30F5N9O4S. The number of carbonyl (C=O) groups is 1. The van der Waals surface area contributed by atoms with E-state index in [9.17, 15) is 35.2 Å². The second-order valence-electron chi connectivity index (χ2n) is 11.1. The molecule has 0 aromatic carbocycles. The summed E-state index contributed by atoms with van der Waals surface area (Å²) < 4.78 is 96.6. The number of alkyl halides is 5. The number of anilines is 2. The number of urea groups is 1. The molecule has 5 rings (SSSR count). The molecule has 13 nitrogen and oxygen atoms in total. The predicted octanol–water partition coefficient (Wildman–Crippen LogP) is 5.03. The van der Waals surface area contributed by atoms with Crippen LogP contribution >= 0.6 is 0 Å². The fourth-order valence-electron chi connectivity index (χ4n) is 5.27. The molecule has 4 aromatic rings. The fraction of sp³-hybridized carbons (Fsp3) is 0.367. The molecule has 2 amide bonds. The Hall–Kier alpha value is -5.07. The lowest BCUT2D eigenvalue weighted by Gasteiger charge is -2.36. The van der Waals surface area contributed by atoms with Gasteiger partial charge in [-0.3, -0.25) is 9.88 Å². The van der Waals surface area contributed by atoms with E-state index in [0.29, 0.717) is 43.0 Å². The number of carbonyl (C=O) groups excluding carboxylic acids is 1. The van der Waals surface area contributed by atoms with Crippen molar-refractivity contribution in [3.8, 4) is 28.4 Å². The maximum absolute atomic E-state index is 13.9. The number of nitrogens with zero attached hydrogens (tertiary/aromatic N) is 7. The summed E-state index contributed by atoms with van der Waals surface area (Å²) in [7, 11) is -2.33. The molecule has 1 saturated carbocycles. The first kappa shape index (κ1) is 35.2. The highest BCUT2D eigenvalue weighted by molar-refractivity contribution is 7.90. The normalized spacial score (nSPS) is 16.7. The van der Waals surface area contributed by atoms with Crippen LogP contribution in [0.4, 0.5) is 38.5 Å². The summed E-state index contributed by atoms with van der Waals surface area (Å²) in [5.74, 6) is 0.101. The third kappa shape index (κ3) is 8.70. The zero-order chi connectivity index (χ0) is 35.3. The summed E-state index contributed by atoms with van der Waals surface area (Å²) in [4.78, 5) is 38.5. The zero-order valence-electron chi connectivity index (χ0n) is 26.0. The van der Waals surface area contributed by atoms with E-state index < -0.39 is 52.3 Å². The van der Waals surface area contributed by atoms with Gasteiger partial charge in [0, 0.05) is 72.2 Å². The van der Waals surface area contributed by atoms with E-state index in [1.807, 2.05) is 0 Å². The third-order valence-corrected chi connectivity index (χ3v) is 8.75. The van der Waals surface area contributed by atoms with Gasteiger partial charge in [0.1, 0.15) is 11.4 Å². The van der Waals surface area contributed by atoms with Crippen LogP contribution in [0.25, 0.3) is 22.4 Å². The smallest absolute Gasteiger partial charge is 0.419 e. The fourth-order valence-corrected chi connectivity index (χ4v) is 5.86. The van der Waals surface area contributed by atoms with Crippen molar-refractivity contribution in [3.63, 3.8) is 0 Å². The molecule has 0 atom stereocenters. The summed E-state index contributed by atoms with van der Waals surface area (Å²) in [5.41, 5.74) is -0.602. The van der Waals surface area contributed by atoms with Crippen LogP contribution in [0.15, 0.2) is 60.3 Å². The van der Waals surface area contributed by atoms with E-state index in [-0.39, 0.29) is 34.3 Å². The highest BCUT2D eigenvalue weighted by Gasteiger charge is 2.36. The maximum atomic E-state index is 13.9. The van der Waals surface area contributed by atoms with E-state index in [1.54, 1.807) is 12.1 Å². The molecule has 0 bridgehead atoms. The number of aromatic nitrogens is 6. The van der Waals surface area contributed by atoms with E-state index in [4.69, 9.17) is 4.74 Å². The van der Waals surface area contributed by atoms with Crippen molar-refractivity contribution in [1.29, 1.82) is 0 Å². The van der Waals surface area contributed by atoms with Gasteiger partial charge in [0.25, 0.3) is 6.43 Å². The van der Waals surface area contributed by atoms with Crippen molar-refractivity contribution in [3.05, 3.63) is 60.9 Å². The van der Waals surface area contributed by atoms with Gasteiger partial charge in [0.2, 0.25) is 5.95 Å². The Balaban J connectivity index is 1.33. The standard InChI is InChI=1S/C30H30F5N9O4S/c1-48-28-39-12-19(13-40-28)17-3-8-25(37-11-17)44(29(45)41-16-24(31)32)21-6-4-20(5-7-21)42-27-38-15-23(30(33,34)35)26(43-27)18-9-22(14-36-10-18)49(2,46)47/h3,8-15,20-21,24H,4-7,16H2,1-2H3,(H,41,45)(H,38,42,43)/t20-,21-. The molecule has 49 heavy (non-hydrogen) atoms. The topological polar surface area (TPSA) is 165 Å². The van der Waals surface area contributed by atoms with Gasteiger partial charge in [0.05, 0.1) is 24.2 Å². The molecule has 1 aliphatic carbocycles. The summed E-state index contributed by atoms with van der Waals surface area (Å²) in [6.45, 7) is -0.857. The first-order valence-electron chi connectivity index (χ1n) is 14.8. The van der Waals surface area contributed by atoms with Gasteiger partial charge in [-0.25, -0.2) is 46.9 Å². The van der Waals surface area contributed by atoms with Crippen molar-refractivity contribution >= 4 is 27.6 Å². The van der Waals surface area contributed by atoms with Gasteiger partial charge >= 0.3 is 18.2 Å². The molecule has 1 fully saturated rings. The van der Waals surface area contributed by atoms with Crippen molar-refractivity contribution in [1.82, 2.24) is 35.2 Å². The van der Waals surface area contributed by atoms with Crippen molar-refractivity contribution < 1.29 is 39.9 Å². The van der Waals surface area contributed by atoms with Gasteiger partial charge in [0.15, 0.2) is 9.84 Å². The van der Waals surface area contributed by atoms with E-state index >= 15 is 0 Å². The quantitative estimate of drug-likeness (QED) is 0.213. The Morgan fingerprint density at radius 3 is 2.24 bits per heavy atom. The van der Waals surface area contributed by atoms with Crippen LogP contribution in [-0.2, 0) is 16.0 Å². The highest BCUT2D eigenvalue weighted by Crippen LogP contribution is 2.37. The molecular weight excluding hydrogens is 677 g/mol. The Bertz CT molecular complexity index is 1870. The molecule has 4 heterocycles. The molecule has 0 saturated heterocycles. The summed E-state index contributed by atoms with van der Waals surface area (Å²) in [5, 5.41) is 5.27. The molecule has 19 heteroatoms. The number of nitrogens with one attached hydrogen (secondary N) is 2. The van der Waals surface area contributed by atoms with Crippen LogP contribution in [0.2, 0.25) is 0 Å². The van der Waals surface area contributed by atoms with Crippen LogP contribution < -0.4 is 20.3 Å². The zero-order valence-corrected chi connectivity index (χ0v) is 26.8. The highest BCUT2D eigenvalue weighted by atomic mass is 32.2. The predicted molar refractivity (Wildman–Crippen MR) is 167 cm³/mol. The first-order valence-corrected chi connectivity index (χ1v) is 16.7. The molecule has 4 aromatic heterocycles. The Morgan fingerprint density at radius 2 is 1.65 bits per heavy atom. The van der Waals surface area contributed by atoms with Gasteiger partial charge in [-0.1, -0.05) is 0 Å². The second kappa shape index (κ2) is 14.6. The van der Waals surface area contributed by atoms with E-state index in [0.717, 1.165) is 24.7 Å². The molecule has 1 aliphatic rings. The number of ether oxygens (including phenoxy) is 1. The molecule has 0 radical (unpaired) electrons. The number of amides is 2. The maximum Gasteiger partial charge on any atom is 0.419 e. The number of hydrogen-bond donors (Lipinski definition) is 2. The number of hydrogen-bond acceptors (Lipinski definition) is 11. The lowest BCUT2D eigenvalue weighted by Crippen LogP contribution is -2.50. The lowest BCUT2D eigenvalue weighted by atomic mass is 9.90. The van der Waals surface area contributed by atoms with Gasteiger partial charge < -0.3 is 15.4 Å². The molecule has 2 N–H and O–H groups in total. The van der Waals surface area contributed by atoms with Crippen LogP contribution in [-0.4, -0.2) is 82.8 Å². The van der Waals surface area contributed by atoms with Crippen LogP contribution in [0.3, 0.4) is 0 Å². The Morgan fingerprint density at radius 1 is 0.959 bits per heavy atom. The molecule has 0 spiro atoms. The summed E-state index contributed by atoms with van der Waals surface area (Å²) >= 11 is 0. The summed E-state index contributed by atoms with van der Waals surface area (Å²) in [6, 6.07) is 2.98. The van der Waals surface area contributed by atoms with E-state index in [1.165, 1.54) is 30.6 Å². The Labute approximate surface area is 277 Å². The number of sulfone groups is 1. The minimum absolute atomic E-state index is 0.123. The van der Waals surface area contributed by atoms with Crippen molar-refractivity contribution in [2.75, 3.05) is 30.1 Å². The number of methoxy groups -OCH3 is 1. The van der Waals surface area contributed by atoms with Crippen molar-refractivity contribution in [2.45, 2.75) is 55.3 Å². The van der Waals surface area contributed by atoms with Gasteiger partial charge in [-0.05, 0) is 43.9 Å². The molecule has 0 aliphatic heterocycles. The SMILES string of the molecule is COc1ncc(-c2ccc(N(C(=O)NCC(F)F)[C@H]3CC[C@H](Nc4ncc(C(F)(F)F)c(-c5cncc(S(C)(=O)=O)c5)n4)CC3)nc2)cn1. The third-order valence-electron chi connectivity index (χ3n) is 7.67. The van der Waals surface area contributed by atoms with Crippen LogP contribution in [0, 0.1) is 0 Å². The van der Waals surface area contributed by atoms with Crippen molar-refractivity contribution in [2.24, 2.45) is 0 Å². The Kier molecular flexibility index (Phi) is 10.5. The minimum Gasteiger partial charge on any atom is -0.467 e. The second-order valence-corrected chi connectivity index (χ2v) is 13.1. The lowest BCUT2D eigenvalue weighted by molar-refractivity contribution is -0.137. The summed E-state index contributed by atoms with van der Waals surface area (Å²) in [6.07, 6.45) is 2.19. The van der Waals surface area contributed by atoms with E-state index in [2.05, 4.69) is 40.5 Å². The largest absolute Gasteiger partial charge is 0.467 e.